The van der Waals surface area contributed by atoms with E-state index in [1.54, 1.807) is 0 Å². The molecule has 0 aromatic heterocycles. The van der Waals surface area contributed by atoms with E-state index >= 15 is 0 Å². The van der Waals surface area contributed by atoms with E-state index in [9.17, 15) is 0 Å². The summed E-state index contributed by atoms with van der Waals surface area (Å²) in [7, 11) is 0. The van der Waals surface area contributed by atoms with Crippen LogP contribution in [0.4, 0.5) is 0 Å². The van der Waals surface area contributed by atoms with Crippen molar-refractivity contribution < 1.29 is 0 Å². The second kappa shape index (κ2) is 6.18. The highest BCUT2D eigenvalue weighted by molar-refractivity contribution is 4.79. The summed E-state index contributed by atoms with van der Waals surface area (Å²) in [6, 6.07) is 3.08. The van der Waals surface area contributed by atoms with Crippen LogP contribution in [0.5, 0.6) is 0 Å². The van der Waals surface area contributed by atoms with E-state index in [-0.39, 0.29) is 0 Å². The molecule has 0 saturated heterocycles. The standard InChI is InChI=1S/C9H18N2/c1-4-9(5-2)11-8(3)6-7-10/h8-9,11H,4-6H2,1-3H3. The van der Waals surface area contributed by atoms with Crippen molar-refractivity contribution in [2.45, 2.75) is 52.1 Å². The first-order valence-electron chi connectivity index (χ1n) is 4.37. The molecule has 0 bridgehead atoms. The Hall–Kier alpha value is -0.550. The smallest absolute Gasteiger partial charge is 0.0638 e. The number of rotatable bonds is 5. The number of hydrogen-bond donors (Lipinski definition) is 1. The summed E-state index contributed by atoms with van der Waals surface area (Å²) in [4.78, 5) is 0. The number of nitrogens with zero attached hydrogens (tertiary/aromatic N) is 1. The van der Waals surface area contributed by atoms with Gasteiger partial charge >= 0.3 is 0 Å². The maximum atomic E-state index is 8.40. The first-order chi connectivity index (χ1) is 5.24. The normalized spacial score (nSPS) is 13.0. The van der Waals surface area contributed by atoms with Crippen molar-refractivity contribution in [3.63, 3.8) is 0 Å². The lowest BCUT2D eigenvalue weighted by molar-refractivity contribution is 0.427. The molecule has 0 heterocycles. The van der Waals surface area contributed by atoms with Crippen molar-refractivity contribution in [3.05, 3.63) is 0 Å². The molecule has 0 aliphatic rings. The van der Waals surface area contributed by atoms with Crippen LogP contribution in [-0.2, 0) is 0 Å². The fraction of sp³-hybridized carbons (Fsp3) is 0.889. The van der Waals surface area contributed by atoms with Gasteiger partial charge in [0.1, 0.15) is 0 Å². The van der Waals surface area contributed by atoms with Crippen molar-refractivity contribution in [2.24, 2.45) is 0 Å². The molecular formula is C9H18N2. The molecule has 0 fully saturated rings. The second-order valence-corrected chi connectivity index (χ2v) is 2.94. The second-order valence-electron chi connectivity index (χ2n) is 2.94. The van der Waals surface area contributed by atoms with Gasteiger partial charge in [-0.1, -0.05) is 13.8 Å². The topological polar surface area (TPSA) is 35.8 Å². The molecule has 0 aromatic carbocycles. The molecule has 2 nitrogen and oxygen atoms in total. The molecule has 64 valence electrons. The molecule has 0 spiro atoms. The summed E-state index contributed by atoms with van der Waals surface area (Å²) >= 11 is 0. The first-order valence-corrected chi connectivity index (χ1v) is 4.37. The van der Waals surface area contributed by atoms with E-state index in [0.29, 0.717) is 18.5 Å². The summed E-state index contributed by atoms with van der Waals surface area (Å²) in [5.74, 6) is 0. The molecule has 0 amide bonds. The Morgan fingerprint density at radius 3 is 2.27 bits per heavy atom. The molecule has 2 heteroatoms. The van der Waals surface area contributed by atoms with Gasteiger partial charge in [-0.3, -0.25) is 0 Å². The van der Waals surface area contributed by atoms with Crippen molar-refractivity contribution in [1.82, 2.24) is 5.32 Å². The van der Waals surface area contributed by atoms with E-state index in [2.05, 4.69) is 32.2 Å². The Morgan fingerprint density at radius 2 is 1.91 bits per heavy atom. The van der Waals surface area contributed by atoms with Gasteiger partial charge in [0.2, 0.25) is 0 Å². The highest BCUT2D eigenvalue weighted by Gasteiger charge is 2.06. The molecule has 0 aromatic rings. The van der Waals surface area contributed by atoms with Gasteiger partial charge in [0.25, 0.3) is 0 Å². The molecule has 0 aliphatic heterocycles. The Labute approximate surface area is 69.6 Å². The van der Waals surface area contributed by atoms with Crippen LogP contribution in [0.3, 0.4) is 0 Å². The van der Waals surface area contributed by atoms with Gasteiger partial charge in [0.05, 0.1) is 12.5 Å². The third-order valence-electron chi connectivity index (χ3n) is 1.90. The predicted molar refractivity (Wildman–Crippen MR) is 47.2 cm³/mol. The predicted octanol–water partition coefficient (Wildman–Crippen LogP) is 2.07. The van der Waals surface area contributed by atoms with Gasteiger partial charge in [0.15, 0.2) is 0 Å². The van der Waals surface area contributed by atoms with Crippen LogP contribution in [0, 0.1) is 11.3 Å². The van der Waals surface area contributed by atoms with Gasteiger partial charge < -0.3 is 5.32 Å². The molecule has 11 heavy (non-hydrogen) atoms. The van der Waals surface area contributed by atoms with Gasteiger partial charge in [-0.05, 0) is 19.8 Å². The quantitative estimate of drug-likeness (QED) is 0.658. The fourth-order valence-corrected chi connectivity index (χ4v) is 1.12. The average molecular weight is 154 g/mol. The summed E-state index contributed by atoms with van der Waals surface area (Å²) in [6.45, 7) is 6.39. The van der Waals surface area contributed by atoms with E-state index in [1.807, 2.05) is 0 Å². The maximum Gasteiger partial charge on any atom is 0.0638 e. The minimum atomic E-state index is 0.338. The molecule has 0 aliphatic carbocycles. The van der Waals surface area contributed by atoms with Crippen LogP contribution in [0.2, 0.25) is 0 Å². The lowest BCUT2D eigenvalue weighted by Gasteiger charge is -2.18. The molecule has 0 radical (unpaired) electrons. The van der Waals surface area contributed by atoms with E-state index in [4.69, 9.17) is 5.26 Å². The van der Waals surface area contributed by atoms with Crippen molar-refractivity contribution in [2.75, 3.05) is 0 Å². The zero-order valence-electron chi connectivity index (χ0n) is 7.72. The van der Waals surface area contributed by atoms with Crippen LogP contribution >= 0.6 is 0 Å². The SMILES string of the molecule is CCC(CC)NC(C)CC#N. The largest absolute Gasteiger partial charge is 0.311 e. The molecule has 0 rings (SSSR count). The van der Waals surface area contributed by atoms with E-state index < -0.39 is 0 Å². The number of nitrogens with one attached hydrogen (secondary N) is 1. The third-order valence-corrected chi connectivity index (χ3v) is 1.90. The van der Waals surface area contributed by atoms with E-state index in [0.717, 1.165) is 12.8 Å². The Morgan fingerprint density at radius 1 is 1.36 bits per heavy atom. The monoisotopic (exact) mass is 154 g/mol. The zero-order chi connectivity index (χ0) is 8.69. The minimum Gasteiger partial charge on any atom is -0.311 e. The highest BCUT2D eigenvalue weighted by Crippen LogP contribution is 1.99. The lowest BCUT2D eigenvalue weighted by Crippen LogP contribution is -2.35. The van der Waals surface area contributed by atoms with Gasteiger partial charge in [-0.15, -0.1) is 0 Å². The summed E-state index contributed by atoms with van der Waals surface area (Å²) in [6.07, 6.45) is 2.90. The minimum absolute atomic E-state index is 0.338. The summed E-state index contributed by atoms with van der Waals surface area (Å²) in [5, 5.41) is 11.8. The fourth-order valence-electron chi connectivity index (χ4n) is 1.12. The molecule has 0 saturated carbocycles. The van der Waals surface area contributed by atoms with Gasteiger partial charge in [-0.25, -0.2) is 0 Å². The van der Waals surface area contributed by atoms with Gasteiger partial charge in [-0.2, -0.15) is 5.26 Å². The summed E-state index contributed by atoms with van der Waals surface area (Å²) in [5.41, 5.74) is 0. The Kier molecular flexibility index (Phi) is 5.87. The zero-order valence-corrected chi connectivity index (χ0v) is 7.72. The summed E-state index contributed by atoms with van der Waals surface area (Å²) < 4.78 is 0. The van der Waals surface area contributed by atoms with Gasteiger partial charge in [0, 0.05) is 12.1 Å². The van der Waals surface area contributed by atoms with Crippen molar-refractivity contribution >= 4 is 0 Å². The number of hydrogen-bond acceptors (Lipinski definition) is 2. The highest BCUT2D eigenvalue weighted by atomic mass is 14.9. The third kappa shape index (κ3) is 4.80. The molecule has 1 N–H and O–H groups in total. The number of nitriles is 1. The van der Waals surface area contributed by atoms with Crippen molar-refractivity contribution in [1.29, 1.82) is 5.26 Å². The lowest BCUT2D eigenvalue weighted by atomic mass is 10.1. The van der Waals surface area contributed by atoms with Crippen LogP contribution in [-0.4, -0.2) is 12.1 Å². The van der Waals surface area contributed by atoms with Crippen molar-refractivity contribution in [3.8, 4) is 6.07 Å². The molecule has 1 atom stereocenters. The van der Waals surface area contributed by atoms with Crippen LogP contribution in [0.25, 0.3) is 0 Å². The van der Waals surface area contributed by atoms with E-state index in [1.165, 1.54) is 0 Å². The first kappa shape index (κ1) is 10.4. The molecule has 1 unspecified atom stereocenters. The maximum absolute atomic E-state index is 8.40. The van der Waals surface area contributed by atoms with Crippen LogP contribution in [0.1, 0.15) is 40.0 Å². The Balaban J connectivity index is 3.55. The molecular weight excluding hydrogens is 136 g/mol. The Bertz CT molecular complexity index is 122. The van der Waals surface area contributed by atoms with Crippen LogP contribution < -0.4 is 5.32 Å². The average Bonchev–Trinajstić information content (AvgIpc) is 2.01. The van der Waals surface area contributed by atoms with Crippen LogP contribution in [0.15, 0.2) is 0 Å².